The van der Waals surface area contributed by atoms with Gasteiger partial charge in [-0.2, -0.15) is 0 Å². The third-order valence-corrected chi connectivity index (χ3v) is 3.76. The van der Waals surface area contributed by atoms with Gasteiger partial charge in [-0.25, -0.2) is 0 Å². The van der Waals surface area contributed by atoms with Crippen molar-refractivity contribution in [1.29, 1.82) is 0 Å². The molecule has 2 rings (SSSR count). The molecule has 2 saturated heterocycles. The normalized spacial score (nSPS) is 43.7. The molecule has 4 unspecified atom stereocenters. The minimum absolute atomic E-state index is 0.0971. The Morgan fingerprint density at radius 2 is 1.93 bits per heavy atom. The van der Waals surface area contributed by atoms with Gasteiger partial charge in [0.1, 0.15) is 0 Å². The van der Waals surface area contributed by atoms with Crippen molar-refractivity contribution < 1.29 is 9.47 Å². The molecule has 0 radical (unpaired) electrons. The molecule has 0 spiro atoms. The highest BCUT2D eigenvalue weighted by atomic mass is 16.7. The average molecular weight is 198 g/mol. The molecular weight excluding hydrogens is 176 g/mol. The van der Waals surface area contributed by atoms with Gasteiger partial charge in [-0.05, 0) is 38.0 Å². The molecule has 4 atom stereocenters. The largest absolute Gasteiger partial charge is 0.352 e. The zero-order chi connectivity index (χ0) is 10.1. The summed E-state index contributed by atoms with van der Waals surface area (Å²) in [7, 11) is 0. The van der Waals surface area contributed by atoms with Crippen molar-refractivity contribution in [3.05, 3.63) is 0 Å². The lowest BCUT2D eigenvalue weighted by Gasteiger charge is -2.44. The Morgan fingerprint density at radius 3 is 2.64 bits per heavy atom. The van der Waals surface area contributed by atoms with Crippen molar-refractivity contribution in [2.75, 3.05) is 6.61 Å². The summed E-state index contributed by atoms with van der Waals surface area (Å²) in [5.74, 6) is 2.23. The average Bonchev–Trinajstić information content (AvgIpc) is 2.16. The molecule has 0 aliphatic carbocycles. The molecule has 2 aliphatic heterocycles. The lowest BCUT2D eigenvalue weighted by Crippen LogP contribution is -2.45. The fraction of sp³-hybridized carbons (Fsp3) is 1.00. The Bertz CT molecular complexity index is 191. The van der Waals surface area contributed by atoms with Gasteiger partial charge in [0.15, 0.2) is 6.29 Å². The summed E-state index contributed by atoms with van der Waals surface area (Å²) in [6.45, 7) is 7.69. The van der Waals surface area contributed by atoms with E-state index in [0.717, 1.165) is 18.4 Å². The highest BCUT2D eigenvalue weighted by Gasteiger charge is 2.39. The topological polar surface area (TPSA) is 18.5 Å². The summed E-state index contributed by atoms with van der Waals surface area (Å²) in [4.78, 5) is 0. The molecular formula is C12H22O2. The summed E-state index contributed by atoms with van der Waals surface area (Å²) >= 11 is 0. The first-order valence-corrected chi connectivity index (χ1v) is 5.95. The third-order valence-electron chi connectivity index (χ3n) is 3.76. The molecule has 2 fully saturated rings. The van der Waals surface area contributed by atoms with E-state index < -0.39 is 0 Å². The third kappa shape index (κ3) is 1.96. The van der Waals surface area contributed by atoms with E-state index in [-0.39, 0.29) is 6.29 Å². The summed E-state index contributed by atoms with van der Waals surface area (Å²) in [6, 6.07) is 0. The van der Waals surface area contributed by atoms with E-state index in [1.165, 1.54) is 19.3 Å². The van der Waals surface area contributed by atoms with Crippen molar-refractivity contribution >= 4 is 0 Å². The molecule has 0 aromatic carbocycles. The highest BCUT2D eigenvalue weighted by molar-refractivity contribution is 4.83. The maximum absolute atomic E-state index is 5.85. The fourth-order valence-electron chi connectivity index (χ4n) is 2.90. The van der Waals surface area contributed by atoms with Gasteiger partial charge in [0, 0.05) is 5.92 Å². The maximum atomic E-state index is 5.85. The van der Waals surface area contributed by atoms with Crippen molar-refractivity contribution in [3.63, 3.8) is 0 Å². The van der Waals surface area contributed by atoms with E-state index in [0.29, 0.717) is 12.0 Å². The summed E-state index contributed by atoms with van der Waals surface area (Å²) in [5, 5.41) is 0. The SMILES string of the molecule is CC1CCC2C(OCCC2C(C)C)O1. The van der Waals surface area contributed by atoms with Crippen LogP contribution in [0.3, 0.4) is 0 Å². The van der Waals surface area contributed by atoms with Gasteiger partial charge in [0.25, 0.3) is 0 Å². The van der Waals surface area contributed by atoms with Crippen LogP contribution in [0.25, 0.3) is 0 Å². The van der Waals surface area contributed by atoms with Crippen LogP contribution in [0.1, 0.15) is 40.0 Å². The Hall–Kier alpha value is -0.0800. The quantitative estimate of drug-likeness (QED) is 0.645. The second kappa shape index (κ2) is 4.19. The number of ether oxygens (including phenoxy) is 2. The molecule has 0 aromatic heterocycles. The van der Waals surface area contributed by atoms with Gasteiger partial charge in [-0.3, -0.25) is 0 Å². The zero-order valence-electron chi connectivity index (χ0n) is 9.53. The van der Waals surface area contributed by atoms with E-state index in [1.54, 1.807) is 0 Å². The molecule has 82 valence electrons. The van der Waals surface area contributed by atoms with Crippen LogP contribution < -0.4 is 0 Å². The van der Waals surface area contributed by atoms with Crippen molar-refractivity contribution in [3.8, 4) is 0 Å². The fourth-order valence-corrected chi connectivity index (χ4v) is 2.90. The van der Waals surface area contributed by atoms with Crippen LogP contribution in [0.2, 0.25) is 0 Å². The highest BCUT2D eigenvalue weighted by Crippen LogP contribution is 2.39. The van der Waals surface area contributed by atoms with Gasteiger partial charge in [-0.15, -0.1) is 0 Å². The van der Waals surface area contributed by atoms with Gasteiger partial charge in [0.2, 0.25) is 0 Å². The number of hydrogen-bond donors (Lipinski definition) is 0. The van der Waals surface area contributed by atoms with Crippen molar-refractivity contribution in [2.24, 2.45) is 17.8 Å². The zero-order valence-corrected chi connectivity index (χ0v) is 9.53. The summed E-state index contributed by atoms with van der Waals surface area (Å²) in [5.41, 5.74) is 0. The van der Waals surface area contributed by atoms with Crippen LogP contribution in [-0.2, 0) is 9.47 Å². The van der Waals surface area contributed by atoms with E-state index in [4.69, 9.17) is 9.47 Å². The predicted molar refractivity (Wildman–Crippen MR) is 56.0 cm³/mol. The number of rotatable bonds is 1. The van der Waals surface area contributed by atoms with E-state index >= 15 is 0 Å². The Balaban J connectivity index is 2.02. The number of fused-ring (bicyclic) bond motifs is 1. The molecule has 0 saturated carbocycles. The first kappa shape index (κ1) is 10.4. The van der Waals surface area contributed by atoms with E-state index in [9.17, 15) is 0 Å². The molecule has 2 heterocycles. The smallest absolute Gasteiger partial charge is 0.160 e. The lowest BCUT2D eigenvalue weighted by atomic mass is 9.76. The lowest BCUT2D eigenvalue weighted by molar-refractivity contribution is -0.252. The summed E-state index contributed by atoms with van der Waals surface area (Å²) < 4.78 is 11.6. The minimum Gasteiger partial charge on any atom is -0.352 e. The van der Waals surface area contributed by atoms with Crippen molar-refractivity contribution in [1.82, 2.24) is 0 Å². The van der Waals surface area contributed by atoms with E-state index in [1.807, 2.05) is 0 Å². The van der Waals surface area contributed by atoms with Gasteiger partial charge in [0.05, 0.1) is 12.7 Å². The molecule has 0 aromatic rings. The Morgan fingerprint density at radius 1 is 1.14 bits per heavy atom. The Kier molecular flexibility index (Phi) is 3.13. The summed E-state index contributed by atoms with van der Waals surface area (Å²) in [6.07, 6.45) is 4.20. The van der Waals surface area contributed by atoms with Crippen LogP contribution in [0.4, 0.5) is 0 Å². The second-order valence-corrected chi connectivity index (χ2v) is 5.12. The van der Waals surface area contributed by atoms with E-state index in [2.05, 4.69) is 20.8 Å². The maximum Gasteiger partial charge on any atom is 0.160 e. The van der Waals surface area contributed by atoms with Gasteiger partial charge in [-0.1, -0.05) is 13.8 Å². The molecule has 2 nitrogen and oxygen atoms in total. The first-order chi connectivity index (χ1) is 6.68. The molecule has 0 N–H and O–H groups in total. The minimum atomic E-state index is 0.0971. The molecule has 0 amide bonds. The Labute approximate surface area is 87.0 Å². The predicted octanol–water partition coefficient (Wildman–Crippen LogP) is 2.82. The van der Waals surface area contributed by atoms with Gasteiger partial charge < -0.3 is 9.47 Å². The molecule has 2 heteroatoms. The van der Waals surface area contributed by atoms with Crippen molar-refractivity contribution in [2.45, 2.75) is 52.4 Å². The monoisotopic (exact) mass is 198 g/mol. The molecule has 0 bridgehead atoms. The van der Waals surface area contributed by atoms with Crippen LogP contribution in [0.5, 0.6) is 0 Å². The van der Waals surface area contributed by atoms with Gasteiger partial charge >= 0.3 is 0 Å². The van der Waals surface area contributed by atoms with Crippen LogP contribution >= 0.6 is 0 Å². The van der Waals surface area contributed by atoms with Crippen LogP contribution in [0.15, 0.2) is 0 Å². The number of hydrogen-bond acceptors (Lipinski definition) is 2. The molecule has 14 heavy (non-hydrogen) atoms. The second-order valence-electron chi connectivity index (χ2n) is 5.12. The molecule has 2 aliphatic rings. The van der Waals surface area contributed by atoms with Crippen LogP contribution in [-0.4, -0.2) is 19.0 Å². The van der Waals surface area contributed by atoms with Crippen LogP contribution in [0, 0.1) is 17.8 Å². The standard InChI is InChI=1S/C12H22O2/c1-8(2)10-6-7-13-12-11(10)5-4-9(3)14-12/h8-12H,4-7H2,1-3H3. The first-order valence-electron chi connectivity index (χ1n) is 5.95.